The summed E-state index contributed by atoms with van der Waals surface area (Å²) in [5.41, 5.74) is 1.47. The number of amides is 1. The van der Waals surface area contributed by atoms with Gasteiger partial charge in [0.15, 0.2) is 5.54 Å². The molecule has 2 heterocycles. The second kappa shape index (κ2) is 8.80. The highest BCUT2D eigenvalue weighted by Crippen LogP contribution is 2.51. The Labute approximate surface area is 210 Å². The molecule has 1 amide bonds. The fourth-order valence-corrected chi connectivity index (χ4v) is 5.72. The molecule has 0 aliphatic carbocycles. The zero-order valence-corrected chi connectivity index (χ0v) is 20.3. The Morgan fingerprint density at radius 3 is 2.69 bits per heavy atom. The quantitative estimate of drug-likeness (QED) is 0.369. The first-order valence-electron chi connectivity index (χ1n) is 11.1. The maximum atomic E-state index is 13.3. The summed E-state index contributed by atoms with van der Waals surface area (Å²) in [5, 5.41) is 28.1. The van der Waals surface area contributed by atoms with Crippen LogP contribution < -0.4 is 15.4 Å². The van der Waals surface area contributed by atoms with E-state index in [9.17, 15) is 20.2 Å². The van der Waals surface area contributed by atoms with Gasteiger partial charge in [-0.2, -0.15) is 5.26 Å². The van der Waals surface area contributed by atoms with E-state index < -0.39 is 29.4 Å². The van der Waals surface area contributed by atoms with Crippen LogP contribution in [0.4, 0.5) is 5.69 Å². The number of hydrogen-bond donors (Lipinski definition) is 2. The van der Waals surface area contributed by atoms with Crippen LogP contribution in [0.2, 0.25) is 0 Å². The molecule has 0 bridgehead atoms. The van der Waals surface area contributed by atoms with Gasteiger partial charge in [0.2, 0.25) is 0 Å². The lowest BCUT2D eigenvalue weighted by atomic mass is 9.78. The zero-order valence-electron chi connectivity index (χ0n) is 18.7. The minimum atomic E-state index is -1.50. The summed E-state index contributed by atoms with van der Waals surface area (Å²) in [4.78, 5) is 25.5. The molecule has 2 aliphatic rings. The lowest BCUT2D eigenvalue weighted by molar-refractivity contribution is -0.532. The highest BCUT2D eigenvalue weighted by molar-refractivity contribution is 9.10. The number of nitriles is 1. The van der Waals surface area contributed by atoms with E-state index in [4.69, 9.17) is 4.74 Å². The third-order valence-corrected chi connectivity index (χ3v) is 7.31. The minimum absolute atomic E-state index is 0.129. The molecular weight excluding hydrogens is 512 g/mol. The van der Waals surface area contributed by atoms with Gasteiger partial charge in [-0.3, -0.25) is 20.2 Å². The fraction of sp³-hybridized carbons (Fsp3) is 0.231. The van der Waals surface area contributed by atoms with Crippen LogP contribution >= 0.6 is 15.9 Å². The predicted octanol–water partition coefficient (Wildman–Crippen LogP) is 4.47. The number of ether oxygens (including phenoxy) is 1. The molecule has 9 heteroatoms. The van der Waals surface area contributed by atoms with Crippen LogP contribution in [-0.4, -0.2) is 22.9 Å². The van der Waals surface area contributed by atoms with Crippen molar-refractivity contribution in [3.63, 3.8) is 0 Å². The van der Waals surface area contributed by atoms with Crippen molar-refractivity contribution in [3.05, 3.63) is 104 Å². The van der Waals surface area contributed by atoms with Gasteiger partial charge < -0.3 is 10.1 Å². The lowest BCUT2D eigenvalue weighted by Gasteiger charge is -2.26. The molecule has 1 fully saturated rings. The Balaban J connectivity index is 1.58. The topological polar surface area (TPSA) is 117 Å². The molecule has 0 unspecified atom stereocenters. The molecule has 2 N–H and O–H groups in total. The molecule has 0 radical (unpaired) electrons. The van der Waals surface area contributed by atoms with Crippen molar-refractivity contribution in [2.75, 3.05) is 5.32 Å². The van der Waals surface area contributed by atoms with Gasteiger partial charge in [0.25, 0.3) is 11.9 Å². The number of nitrogens with one attached hydrogen (secondary N) is 2. The van der Waals surface area contributed by atoms with Gasteiger partial charge in [0, 0.05) is 37.8 Å². The highest BCUT2D eigenvalue weighted by atomic mass is 79.9. The molecule has 35 heavy (non-hydrogen) atoms. The molecule has 4 atom stereocenters. The Morgan fingerprint density at radius 2 is 1.91 bits per heavy atom. The number of rotatable bonds is 5. The average molecular weight is 533 g/mol. The fourth-order valence-electron chi connectivity index (χ4n) is 5.34. The van der Waals surface area contributed by atoms with Crippen molar-refractivity contribution in [1.29, 1.82) is 5.26 Å². The van der Waals surface area contributed by atoms with Crippen LogP contribution in [0.3, 0.4) is 0 Å². The number of hydrogen-bond acceptors (Lipinski definition) is 6. The molecule has 0 aromatic heterocycles. The Hall–Kier alpha value is -3.74. The van der Waals surface area contributed by atoms with Crippen LogP contribution in [0.1, 0.15) is 35.1 Å². The molecule has 0 saturated carbocycles. The van der Waals surface area contributed by atoms with Crippen molar-refractivity contribution in [2.45, 2.75) is 37.1 Å². The maximum Gasteiger partial charge on any atom is 0.256 e. The first kappa shape index (κ1) is 23.0. The van der Waals surface area contributed by atoms with Gasteiger partial charge in [0.05, 0.1) is 17.6 Å². The standard InChI is InChI=1S/C26H21BrN4O4/c1-15-23(24(31(33)34)26(30-15)20-8-4-5-9-21(20)29-25(26)32)19-12-18(27)10-11-22(19)35-14-17-7-3-2-6-16(17)13-28/h2-12,15,23-24,30H,14H2,1H3,(H,29,32)/t15-,23+,24-,26-/m0/s1. The average Bonchev–Trinajstić information content (AvgIpc) is 3.31. The van der Waals surface area contributed by atoms with Gasteiger partial charge in [-0.15, -0.1) is 0 Å². The molecule has 8 nitrogen and oxygen atoms in total. The van der Waals surface area contributed by atoms with E-state index in [1.807, 2.05) is 25.1 Å². The summed E-state index contributed by atoms with van der Waals surface area (Å²) < 4.78 is 6.87. The normalized spacial score (nSPS) is 24.6. The summed E-state index contributed by atoms with van der Waals surface area (Å²) in [6, 6.07) is 20.0. The van der Waals surface area contributed by atoms with Crippen LogP contribution in [0, 0.1) is 21.4 Å². The second-order valence-corrected chi connectivity index (χ2v) is 9.65. The van der Waals surface area contributed by atoms with Crippen molar-refractivity contribution < 1.29 is 14.5 Å². The second-order valence-electron chi connectivity index (χ2n) is 8.74. The van der Waals surface area contributed by atoms with Crippen LogP contribution in [0.15, 0.2) is 71.2 Å². The van der Waals surface area contributed by atoms with E-state index in [2.05, 4.69) is 32.6 Å². The first-order chi connectivity index (χ1) is 16.9. The van der Waals surface area contributed by atoms with E-state index in [1.165, 1.54) is 0 Å². The Bertz CT molecular complexity index is 1390. The number of nitrogens with zero attached hydrogens (tertiary/aromatic N) is 2. The molecule has 2 aliphatic heterocycles. The van der Waals surface area contributed by atoms with Gasteiger partial charge in [-0.25, -0.2) is 0 Å². The van der Waals surface area contributed by atoms with E-state index in [1.54, 1.807) is 48.5 Å². The number of fused-ring (bicyclic) bond motifs is 2. The summed E-state index contributed by atoms with van der Waals surface area (Å²) in [5.74, 6) is -0.633. The summed E-state index contributed by atoms with van der Waals surface area (Å²) in [7, 11) is 0. The maximum absolute atomic E-state index is 13.3. The number of benzene rings is 3. The van der Waals surface area contributed by atoms with Crippen LogP contribution in [0.5, 0.6) is 5.75 Å². The Kier molecular flexibility index (Phi) is 5.79. The van der Waals surface area contributed by atoms with Gasteiger partial charge in [-0.1, -0.05) is 52.3 Å². The summed E-state index contributed by atoms with van der Waals surface area (Å²) >= 11 is 3.48. The molecule has 1 saturated heterocycles. The van der Waals surface area contributed by atoms with E-state index in [-0.39, 0.29) is 11.5 Å². The largest absolute Gasteiger partial charge is 0.489 e. The summed E-state index contributed by atoms with van der Waals surface area (Å²) in [6.07, 6.45) is 0. The molecular formula is C26H21BrN4O4. The smallest absolute Gasteiger partial charge is 0.256 e. The lowest BCUT2D eigenvalue weighted by Crippen LogP contribution is -2.54. The van der Waals surface area contributed by atoms with Crippen molar-refractivity contribution in [1.82, 2.24) is 5.32 Å². The van der Waals surface area contributed by atoms with Crippen molar-refractivity contribution >= 4 is 27.5 Å². The van der Waals surface area contributed by atoms with Crippen LogP contribution in [0.25, 0.3) is 0 Å². The summed E-state index contributed by atoms with van der Waals surface area (Å²) in [6.45, 7) is 1.98. The molecule has 5 rings (SSSR count). The van der Waals surface area contributed by atoms with Gasteiger partial charge in [-0.05, 0) is 37.3 Å². The molecule has 3 aromatic rings. The van der Waals surface area contributed by atoms with E-state index in [0.29, 0.717) is 33.7 Å². The number of carbonyl (C=O) groups is 1. The van der Waals surface area contributed by atoms with Gasteiger partial charge in [0.1, 0.15) is 12.4 Å². The number of anilines is 1. The number of halogens is 1. The Morgan fingerprint density at radius 1 is 1.17 bits per heavy atom. The highest BCUT2D eigenvalue weighted by Gasteiger charge is 2.68. The van der Waals surface area contributed by atoms with Crippen molar-refractivity contribution in [3.8, 4) is 11.8 Å². The third kappa shape index (κ3) is 3.66. The SMILES string of the molecule is C[C@@H]1N[C@]2(C(=O)Nc3ccccc32)[C@@H]([N+](=O)[O-])[C@H]1c1cc(Br)ccc1OCc1ccccc1C#N. The first-order valence-corrected chi connectivity index (χ1v) is 11.9. The zero-order chi connectivity index (χ0) is 24.7. The number of para-hydroxylation sites is 1. The van der Waals surface area contributed by atoms with E-state index in [0.717, 1.165) is 4.47 Å². The molecule has 176 valence electrons. The molecule has 1 spiro atoms. The monoisotopic (exact) mass is 532 g/mol. The number of nitro groups is 1. The third-order valence-electron chi connectivity index (χ3n) is 6.82. The van der Waals surface area contributed by atoms with E-state index >= 15 is 0 Å². The number of carbonyl (C=O) groups excluding carboxylic acids is 1. The van der Waals surface area contributed by atoms with Crippen molar-refractivity contribution in [2.24, 2.45) is 0 Å². The van der Waals surface area contributed by atoms with Crippen LogP contribution in [-0.2, 0) is 16.9 Å². The predicted molar refractivity (Wildman–Crippen MR) is 133 cm³/mol. The van der Waals surface area contributed by atoms with Gasteiger partial charge >= 0.3 is 0 Å². The molecule has 3 aromatic carbocycles. The minimum Gasteiger partial charge on any atom is -0.489 e.